The second-order valence-electron chi connectivity index (χ2n) is 4.45. The molecule has 1 fully saturated rings. The molecule has 1 aliphatic rings. The van der Waals surface area contributed by atoms with E-state index in [1.807, 2.05) is 34.6 Å². The van der Waals surface area contributed by atoms with Crippen LogP contribution in [0.15, 0.2) is 0 Å². The number of methoxy groups -OCH3 is 1. The molecule has 0 aromatic heterocycles. The van der Waals surface area contributed by atoms with Gasteiger partial charge in [0.2, 0.25) is 5.91 Å². The maximum atomic E-state index is 12.0. The van der Waals surface area contributed by atoms with Gasteiger partial charge < -0.3 is 15.0 Å². The Labute approximate surface area is 110 Å². The lowest BCUT2D eigenvalue weighted by Gasteiger charge is -2.40. The molecule has 106 valence electrons. The van der Waals surface area contributed by atoms with Crippen LogP contribution >= 0.6 is 0 Å². The summed E-state index contributed by atoms with van der Waals surface area (Å²) in [6.45, 7) is 10.8. The fourth-order valence-corrected chi connectivity index (χ4v) is 1.93. The van der Waals surface area contributed by atoms with Crippen molar-refractivity contribution in [1.29, 1.82) is 0 Å². The molecule has 1 amide bonds. The summed E-state index contributed by atoms with van der Waals surface area (Å²) in [7, 11) is 1.35. The van der Waals surface area contributed by atoms with Gasteiger partial charge in [-0.3, -0.25) is 4.79 Å². The van der Waals surface area contributed by atoms with E-state index in [-0.39, 0.29) is 23.8 Å². The molecule has 1 N–H and O–H groups in total. The zero-order valence-corrected chi connectivity index (χ0v) is 12.3. The second kappa shape index (κ2) is 8.08. The molecule has 2 unspecified atom stereocenters. The van der Waals surface area contributed by atoms with Crippen molar-refractivity contribution in [1.82, 2.24) is 10.2 Å². The van der Waals surface area contributed by atoms with Crippen molar-refractivity contribution in [3.05, 3.63) is 0 Å². The van der Waals surface area contributed by atoms with Crippen LogP contribution in [0.5, 0.6) is 0 Å². The highest BCUT2D eigenvalue weighted by atomic mass is 16.5. The van der Waals surface area contributed by atoms with Crippen molar-refractivity contribution in [3.8, 4) is 0 Å². The number of nitrogens with one attached hydrogen (secondary N) is 1. The smallest absolute Gasteiger partial charge is 0.329 e. The molecule has 0 aliphatic carbocycles. The first-order chi connectivity index (χ1) is 8.49. The van der Waals surface area contributed by atoms with E-state index in [9.17, 15) is 9.59 Å². The van der Waals surface area contributed by atoms with Crippen LogP contribution in [0.25, 0.3) is 0 Å². The first kappa shape index (κ1) is 16.9. The Morgan fingerprint density at radius 3 is 2.28 bits per heavy atom. The monoisotopic (exact) mass is 258 g/mol. The van der Waals surface area contributed by atoms with E-state index >= 15 is 0 Å². The molecule has 1 heterocycles. The lowest BCUT2D eigenvalue weighted by atomic mass is 10.0. The molecule has 0 aromatic carbocycles. The minimum absolute atomic E-state index is 0.00407. The zero-order chi connectivity index (χ0) is 14.3. The third-order valence-electron chi connectivity index (χ3n) is 2.81. The summed E-state index contributed by atoms with van der Waals surface area (Å²) in [4.78, 5) is 25.3. The fourth-order valence-electron chi connectivity index (χ4n) is 1.93. The largest absolute Gasteiger partial charge is 0.467 e. The van der Waals surface area contributed by atoms with E-state index in [0.717, 1.165) is 0 Å². The Balaban J connectivity index is 0.00000137. The third kappa shape index (κ3) is 3.98. The summed E-state index contributed by atoms with van der Waals surface area (Å²) >= 11 is 0. The second-order valence-corrected chi connectivity index (χ2v) is 4.45. The van der Waals surface area contributed by atoms with Gasteiger partial charge in [0, 0.05) is 25.0 Å². The summed E-state index contributed by atoms with van der Waals surface area (Å²) in [5, 5.41) is 3.13. The molecule has 18 heavy (non-hydrogen) atoms. The number of carbonyl (C=O) groups excluding carboxylic acids is 2. The molecule has 0 aromatic rings. The van der Waals surface area contributed by atoms with Crippen LogP contribution in [-0.2, 0) is 14.3 Å². The van der Waals surface area contributed by atoms with E-state index in [2.05, 4.69) is 5.32 Å². The van der Waals surface area contributed by atoms with Gasteiger partial charge in [-0.05, 0) is 6.92 Å². The summed E-state index contributed by atoms with van der Waals surface area (Å²) in [5.74, 6) is -0.454. The molecule has 1 saturated heterocycles. The first-order valence-corrected chi connectivity index (χ1v) is 6.59. The molecule has 1 aliphatic heterocycles. The number of rotatable bonds is 2. The minimum Gasteiger partial charge on any atom is -0.467 e. The van der Waals surface area contributed by atoms with Crippen LogP contribution < -0.4 is 5.32 Å². The van der Waals surface area contributed by atoms with Crippen LogP contribution in [0.2, 0.25) is 0 Å². The lowest BCUT2D eigenvalue weighted by molar-refractivity contribution is -0.157. The van der Waals surface area contributed by atoms with Gasteiger partial charge in [0.1, 0.15) is 6.04 Å². The van der Waals surface area contributed by atoms with Crippen molar-refractivity contribution in [2.75, 3.05) is 20.2 Å². The number of amides is 1. The predicted molar refractivity (Wildman–Crippen MR) is 71.2 cm³/mol. The van der Waals surface area contributed by atoms with E-state index in [1.54, 1.807) is 4.90 Å². The number of hydrogen-bond donors (Lipinski definition) is 1. The van der Waals surface area contributed by atoms with Crippen molar-refractivity contribution in [2.24, 2.45) is 5.92 Å². The summed E-state index contributed by atoms with van der Waals surface area (Å²) < 4.78 is 4.73. The summed E-state index contributed by atoms with van der Waals surface area (Å²) in [6.07, 6.45) is 0. The minimum atomic E-state index is -0.497. The molecular weight excluding hydrogens is 232 g/mol. The Bertz CT molecular complexity index is 279. The number of nitrogens with zero attached hydrogens (tertiary/aromatic N) is 1. The van der Waals surface area contributed by atoms with E-state index in [0.29, 0.717) is 13.1 Å². The van der Waals surface area contributed by atoms with Gasteiger partial charge in [-0.15, -0.1) is 0 Å². The quantitative estimate of drug-likeness (QED) is 0.752. The zero-order valence-electron chi connectivity index (χ0n) is 12.3. The predicted octanol–water partition coefficient (Wildman–Crippen LogP) is 1.03. The van der Waals surface area contributed by atoms with Crippen molar-refractivity contribution >= 4 is 11.9 Å². The highest BCUT2D eigenvalue weighted by Gasteiger charge is 2.37. The van der Waals surface area contributed by atoms with Gasteiger partial charge in [0.05, 0.1) is 7.11 Å². The number of ether oxygens (including phenoxy) is 1. The average Bonchev–Trinajstić information content (AvgIpc) is 2.39. The molecule has 5 nitrogen and oxygen atoms in total. The molecular formula is C13H26N2O3. The SMILES string of the molecule is CC.COC(=O)C1CNCC(C)N1C(=O)C(C)C. The van der Waals surface area contributed by atoms with Crippen LogP contribution in [0.3, 0.4) is 0 Å². The van der Waals surface area contributed by atoms with E-state index in [4.69, 9.17) is 4.74 Å². The van der Waals surface area contributed by atoms with Crippen molar-refractivity contribution < 1.29 is 14.3 Å². The number of piperazine rings is 1. The number of hydrogen-bond acceptors (Lipinski definition) is 4. The summed E-state index contributed by atoms with van der Waals surface area (Å²) in [5.41, 5.74) is 0. The topological polar surface area (TPSA) is 58.6 Å². The normalized spacial score (nSPS) is 23.2. The van der Waals surface area contributed by atoms with Crippen LogP contribution in [0, 0.1) is 5.92 Å². The Morgan fingerprint density at radius 2 is 1.83 bits per heavy atom. The van der Waals surface area contributed by atoms with E-state index < -0.39 is 6.04 Å². The standard InChI is InChI=1S/C11H20N2O3.C2H6/c1-7(2)10(14)13-8(3)5-12-6-9(13)11(15)16-4;1-2/h7-9,12H,5-6H2,1-4H3;1-2H3. The molecule has 0 radical (unpaired) electrons. The molecule has 2 atom stereocenters. The van der Waals surface area contributed by atoms with Gasteiger partial charge in [0.25, 0.3) is 0 Å². The maximum Gasteiger partial charge on any atom is 0.329 e. The maximum absolute atomic E-state index is 12.0. The van der Waals surface area contributed by atoms with Crippen LogP contribution in [0.1, 0.15) is 34.6 Å². The number of carbonyl (C=O) groups is 2. The van der Waals surface area contributed by atoms with Crippen molar-refractivity contribution in [2.45, 2.75) is 46.7 Å². The van der Waals surface area contributed by atoms with E-state index in [1.165, 1.54) is 7.11 Å². The van der Waals surface area contributed by atoms with Crippen LogP contribution in [0.4, 0.5) is 0 Å². The highest BCUT2D eigenvalue weighted by molar-refractivity contribution is 5.86. The fraction of sp³-hybridized carbons (Fsp3) is 0.846. The Kier molecular flexibility index (Phi) is 7.59. The molecule has 0 saturated carbocycles. The van der Waals surface area contributed by atoms with Crippen molar-refractivity contribution in [3.63, 3.8) is 0 Å². The Morgan fingerprint density at radius 1 is 1.28 bits per heavy atom. The van der Waals surface area contributed by atoms with Gasteiger partial charge in [0.15, 0.2) is 0 Å². The number of esters is 1. The average molecular weight is 258 g/mol. The summed E-state index contributed by atoms with van der Waals surface area (Å²) in [6, 6.07) is -0.476. The van der Waals surface area contributed by atoms with Gasteiger partial charge in [-0.25, -0.2) is 4.79 Å². The molecule has 0 spiro atoms. The molecule has 5 heteroatoms. The van der Waals surface area contributed by atoms with Gasteiger partial charge in [-0.2, -0.15) is 0 Å². The Hall–Kier alpha value is -1.10. The lowest BCUT2D eigenvalue weighted by Crippen LogP contribution is -2.62. The highest BCUT2D eigenvalue weighted by Crippen LogP contribution is 2.15. The van der Waals surface area contributed by atoms with Gasteiger partial charge in [-0.1, -0.05) is 27.7 Å². The third-order valence-corrected chi connectivity index (χ3v) is 2.81. The first-order valence-electron chi connectivity index (χ1n) is 6.59. The molecule has 0 bridgehead atoms. The van der Waals surface area contributed by atoms with Gasteiger partial charge >= 0.3 is 5.97 Å². The van der Waals surface area contributed by atoms with Crippen LogP contribution in [-0.4, -0.2) is 49.1 Å². The molecule has 1 rings (SSSR count).